The maximum absolute atomic E-state index is 14.5. The van der Waals surface area contributed by atoms with Crippen molar-refractivity contribution < 1.29 is 4.39 Å². The Hall–Kier alpha value is -3.65. The third-order valence-corrected chi connectivity index (χ3v) is 5.48. The van der Waals surface area contributed by atoms with Crippen LogP contribution in [0.4, 0.5) is 21.8 Å². The van der Waals surface area contributed by atoms with Gasteiger partial charge in [0.05, 0.1) is 23.6 Å². The molecule has 4 aromatic rings. The summed E-state index contributed by atoms with van der Waals surface area (Å²) in [5, 5.41) is 4.00. The highest BCUT2D eigenvalue weighted by Crippen LogP contribution is 2.26. The van der Waals surface area contributed by atoms with Crippen molar-refractivity contribution in [2.45, 2.75) is 0 Å². The molecule has 8 heteroatoms. The number of hydrogen-bond acceptors (Lipinski definition) is 7. The Morgan fingerprint density at radius 2 is 1.81 bits per heavy atom. The average molecular weight is 415 g/mol. The molecule has 31 heavy (non-hydrogen) atoms. The van der Waals surface area contributed by atoms with E-state index in [2.05, 4.69) is 42.1 Å². The minimum atomic E-state index is -0.479. The number of benzene rings is 1. The number of aromatic nitrogens is 4. The lowest BCUT2D eigenvalue weighted by Crippen LogP contribution is -2.44. The second-order valence-corrected chi connectivity index (χ2v) is 7.62. The molecule has 1 fully saturated rings. The van der Waals surface area contributed by atoms with Crippen molar-refractivity contribution >= 4 is 28.4 Å². The van der Waals surface area contributed by atoms with Crippen molar-refractivity contribution in [2.24, 2.45) is 0 Å². The summed E-state index contributed by atoms with van der Waals surface area (Å²) in [4.78, 5) is 21.9. The largest absolute Gasteiger partial charge is 0.368 e. The Morgan fingerprint density at radius 3 is 2.61 bits per heavy atom. The van der Waals surface area contributed by atoms with Gasteiger partial charge in [-0.25, -0.2) is 19.3 Å². The molecule has 0 unspecified atom stereocenters. The zero-order valence-electron chi connectivity index (χ0n) is 17.2. The van der Waals surface area contributed by atoms with Crippen molar-refractivity contribution in [1.82, 2.24) is 24.8 Å². The number of nitrogens with one attached hydrogen (secondary N) is 1. The molecule has 0 atom stereocenters. The first kappa shape index (κ1) is 19.3. The highest BCUT2D eigenvalue weighted by atomic mass is 19.1. The van der Waals surface area contributed by atoms with Crippen LogP contribution in [0.25, 0.3) is 22.2 Å². The van der Waals surface area contributed by atoms with Gasteiger partial charge in [-0.15, -0.1) is 0 Å². The summed E-state index contributed by atoms with van der Waals surface area (Å²) in [5.41, 5.74) is 2.84. The van der Waals surface area contributed by atoms with Crippen LogP contribution in [0.15, 0.2) is 61.1 Å². The van der Waals surface area contributed by atoms with E-state index in [1.54, 1.807) is 6.20 Å². The molecule has 0 radical (unpaired) electrons. The van der Waals surface area contributed by atoms with Gasteiger partial charge in [0.25, 0.3) is 0 Å². The standard InChI is InChI=1S/C23H22FN7/c1-30-9-11-31(12-10-30)18-5-7-21(26-14-18)28-23-27-15-19(24)22(29-23)17-4-6-20-16(13-17)3-2-8-25-20/h2-8,13-15H,9-12H2,1H3,(H,26,27,28,29). The van der Waals surface area contributed by atoms with Crippen LogP contribution in [-0.4, -0.2) is 58.1 Å². The second kappa shape index (κ2) is 8.23. The lowest BCUT2D eigenvalue weighted by atomic mass is 10.1. The summed E-state index contributed by atoms with van der Waals surface area (Å²) in [7, 11) is 2.13. The smallest absolute Gasteiger partial charge is 0.229 e. The van der Waals surface area contributed by atoms with Crippen LogP contribution in [0, 0.1) is 5.82 Å². The molecular formula is C23H22FN7. The number of hydrogen-bond donors (Lipinski definition) is 1. The fraction of sp³-hybridized carbons (Fsp3) is 0.217. The third kappa shape index (κ3) is 4.15. The van der Waals surface area contributed by atoms with E-state index in [-0.39, 0.29) is 5.69 Å². The lowest BCUT2D eigenvalue weighted by molar-refractivity contribution is 0.313. The maximum Gasteiger partial charge on any atom is 0.229 e. The molecule has 0 amide bonds. The molecule has 3 aromatic heterocycles. The topological polar surface area (TPSA) is 70.1 Å². The van der Waals surface area contributed by atoms with Crippen LogP contribution >= 0.6 is 0 Å². The molecule has 1 N–H and O–H groups in total. The Balaban J connectivity index is 1.36. The summed E-state index contributed by atoms with van der Waals surface area (Å²) in [6.07, 6.45) is 4.75. The summed E-state index contributed by atoms with van der Waals surface area (Å²) in [5.74, 6) is 0.424. The van der Waals surface area contributed by atoms with Crippen molar-refractivity contribution in [3.8, 4) is 11.3 Å². The molecule has 7 nitrogen and oxygen atoms in total. The van der Waals surface area contributed by atoms with E-state index in [0.29, 0.717) is 17.3 Å². The predicted molar refractivity (Wildman–Crippen MR) is 120 cm³/mol. The zero-order chi connectivity index (χ0) is 21.2. The molecule has 0 bridgehead atoms. The van der Waals surface area contributed by atoms with Gasteiger partial charge in [-0.3, -0.25) is 4.98 Å². The molecule has 1 aliphatic rings. The fourth-order valence-corrected chi connectivity index (χ4v) is 3.68. The summed E-state index contributed by atoms with van der Waals surface area (Å²) in [6, 6.07) is 13.3. The van der Waals surface area contributed by atoms with Gasteiger partial charge in [0.15, 0.2) is 5.82 Å². The first-order chi connectivity index (χ1) is 15.2. The van der Waals surface area contributed by atoms with E-state index in [9.17, 15) is 4.39 Å². The normalized spacial score (nSPS) is 14.7. The quantitative estimate of drug-likeness (QED) is 0.545. The fourth-order valence-electron chi connectivity index (χ4n) is 3.68. The molecule has 0 spiro atoms. The van der Waals surface area contributed by atoms with Crippen LogP contribution in [0.3, 0.4) is 0 Å². The Labute approximate surface area is 179 Å². The highest BCUT2D eigenvalue weighted by Gasteiger charge is 2.15. The van der Waals surface area contributed by atoms with Crippen molar-refractivity contribution in [3.05, 3.63) is 66.9 Å². The molecule has 156 valence electrons. The monoisotopic (exact) mass is 415 g/mol. The lowest BCUT2D eigenvalue weighted by Gasteiger charge is -2.33. The minimum Gasteiger partial charge on any atom is -0.368 e. The van der Waals surface area contributed by atoms with E-state index < -0.39 is 5.82 Å². The van der Waals surface area contributed by atoms with E-state index in [1.165, 1.54) is 6.20 Å². The number of fused-ring (bicyclic) bond motifs is 1. The predicted octanol–water partition coefficient (Wildman–Crippen LogP) is 3.72. The molecule has 0 aliphatic carbocycles. The molecule has 5 rings (SSSR count). The maximum atomic E-state index is 14.5. The first-order valence-electron chi connectivity index (χ1n) is 10.2. The number of nitrogens with zero attached hydrogens (tertiary/aromatic N) is 6. The summed E-state index contributed by atoms with van der Waals surface area (Å²) >= 11 is 0. The Morgan fingerprint density at radius 1 is 0.935 bits per heavy atom. The van der Waals surface area contributed by atoms with Gasteiger partial charge >= 0.3 is 0 Å². The minimum absolute atomic E-state index is 0.234. The Kier molecular flexibility index (Phi) is 5.13. The van der Waals surface area contributed by atoms with Gasteiger partial charge in [0.1, 0.15) is 11.5 Å². The van der Waals surface area contributed by atoms with Crippen molar-refractivity contribution in [2.75, 3.05) is 43.4 Å². The van der Waals surface area contributed by atoms with E-state index in [0.717, 1.165) is 42.8 Å². The summed E-state index contributed by atoms with van der Waals surface area (Å²) in [6.45, 7) is 4.04. The van der Waals surface area contributed by atoms with Gasteiger partial charge in [-0.2, -0.15) is 0 Å². The number of pyridine rings is 2. The van der Waals surface area contributed by atoms with Crippen molar-refractivity contribution in [3.63, 3.8) is 0 Å². The van der Waals surface area contributed by atoms with Gasteiger partial charge < -0.3 is 15.1 Å². The highest BCUT2D eigenvalue weighted by molar-refractivity contribution is 5.83. The van der Waals surface area contributed by atoms with Crippen LogP contribution < -0.4 is 10.2 Å². The van der Waals surface area contributed by atoms with Crippen LogP contribution in [-0.2, 0) is 0 Å². The molecule has 1 saturated heterocycles. The van der Waals surface area contributed by atoms with E-state index in [1.807, 2.05) is 48.7 Å². The number of halogens is 1. The van der Waals surface area contributed by atoms with E-state index >= 15 is 0 Å². The molecule has 4 heterocycles. The van der Waals surface area contributed by atoms with Crippen molar-refractivity contribution in [1.29, 1.82) is 0 Å². The van der Waals surface area contributed by atoms with Crippen LogP contribution in [0.5, 0.6) is 0 Å². The van der Waals surface area contributed by atoms with Gasteiger partial charge in [0.2, 0.25) is 5.95 Å². The number of rotatable bonds is 4. The number of piperazine rings is 1. The van der Waals surface area contributed by atoms with Crippen LogP contribution in [0.2, 0.25) is 0 Å². The molecule has 1 aromatic carbocycles. The first-order valence-corrected chi connectivity index (χ1v) is 10.2. The summed E-state index contributed by atoms with van der Waals surface area (Å²) < 4.78 is 14.5. The molecule has 0 saturated carbocycles. The zero-order valence-corrected chi connectivity index (χ0v) is 17.2. The van der Waals surface area contributed by atoms with E-state index in [4.69, 9.17) is 0 Å². The van der Waals surface area contributed by atoms with Gasteiger partial charge in [0, 0.05) is 43.3 Å². The molecular weight excluding hydrogens is 393 g/mol. The van der Waals surface area contributed by atoms with Gasteiger partial charge in [-0.1, -0.05) is 12.1 Å². The SMILES string of the molecule is CN1CCN(c2ccc(Nc3ncc(F)c(-c4ccc5ncccc5c4)n3)nc2)CC1. The number of likely N-dealkylation sites (N-methyl/N-ethyl adjacent to an activating group) is 1. The second-order valence-electron chi connectivity index (χ2n) is 7.62. The average Bonchev–Trinajstić information content (AvgIpc) is 2.81. The molecule has 1 aliphatic heterocycles. The third-order valence-electron chi connectivity index (χ3n) is 5.48. The number of anilines is 3. The van der Waals surface area contributed by atoms with Crippen LogP contribution in [0.1, 0.15) is 0 Å². The van der Waals surface area contributed by atoms with Gasteiger partial charge in [-0.05, 0) is 37.4 Å². The Bertz CT molecular complexity index is 1200.